The molecule has 3 rings (SSSR count). The summed E-state index contributed by atoms with van der Waals surface area (Å²) in [4.78, 5) is 48.9. The number of rotatable bonds is 6. The number of hydrogen-bond donors (Lipinski definition) is 1. The lowest BCUT2D eigenvalue weighted by Gasteiger charge is -2.40. The van der Waals surface area contributed by atoms with Crippen molar-refractivity contribution in [1.29, 1.82) is 0 Å². The molecule has 0 aliphatic carbocycles. The summed E-state index contributed by atoms with van der Waals surface area (Å²) in [5.74, 6) is -1.11. The van der Waals surface area contributed by atoms with Crippen LogP contribution in [0.2, 0.25) is 0 Å². The van der Waals surface area contributed by atoms with Crippen LogP contribution >= 0.6 is 0 Å². The number of piperidine rings is 1. The monoisotopic (exact) mass is 425 g/mol. The first-order chi connectivity index (χ1) is 14.8. The van der Waals surface area contributed by atoms with Crippen LogP contribution in [-0.2, 0) is 24.5 Å². The van der Waals surface area contributed by atoms with Crippen LogP contribution < -0.4 is 5.32 Å². The van der Waals surface area contributed by atoms with Crippen molar-refractivity contribution < 1.29 is 24.0 Å². The maximum absolute atomic E-state index is 13.1. The summed E-state index contributed by atoms with van der Waals surface area (Å²) in [5.41, 5.74) is 0.130. The van der Waals surface area contributed by atoms with Crippen LogP contribution in [0.3, 0.4) is 0 Å². The van der Waals surface area contributed by atoms with Gasteiger partial charge in [-0.3, -0.25) is 24.5 Å². The van der Waals surface area contributed by atoms with E-state index in [0.29, 0.717) is 31.6 Å². The summed E-state index contributed by atoms with van der Waals surface area (Å²) in [5, 5.41) is 13.3. The Morgan fingerprint density at radius 3 is 2.23 bits per heavy atom. The number of hydrogen-bond acceptors (Lipinski definition) is 6. The summed E-state index contributed by atoms with van der Waals surface area (Å²) < 4.78 is 5.37. The minimum absolute atomic E-state index is 0.0440. The van der Waals surface area contributed by atoms with Crippen molar-refractivity contribution in [2.24, 2.45) is 0 Å². The van der Waals surface area contributed by atoms with Crippen molar-refractivity contribution in [3.8, 4) is 0 Å². The molecule has 9 nitrogen and oxygen atoms in total. The molecule has 1 N–H and O–H groups in total. The lowest BCUT2D eigenvalue weighted by atomic mass is 9.72. The molecule has 1 heterocycles. The number of amides is 2. The fourth-order valence-electron chi connectivity index (χ4n) is 3.70. The molecule has 162 valence electrons. The van der Waals surface area contributed by atoms with E-state index >= 15 is 0 Å². The Kier molecular flexibility index (Phi) is 6.64. The Bertz CT molecular complexity index is 967. The van der Waals surface area contributed by atoms with Crippen LogP contribution in [0.4, 0.5) is 11.4 Å². The number of carbonyl (C=O) groups is 3. The van der Waals surface area contributed by atoms with E-state index in [1.807, 2.05) is 30.3 Å². The zero-order valence-corrected chi connectivity index (χ0v) is 17.1. The van der Waals surface area contributed by atoms with Gasteiger partial charge in [-0.15, -0.1) is 0 Å². The van der Waals surface area contributed by atoms with Crippen molar-refractivity contribution in [3.05, 3.63) is 70.3 Å². The number of likely N-dealkylation sites (tertiary alicyclic amines) is 1. The molecular formula is C22H23N3O6. The van der Waals surface area contributed by atoms with Gasteiger partial charge in [0, 0.05) is 37.8 Å². The molecule has 0 saturated carbocycles. The van der Waals surface area contributed by atoms with Gasteiger partial charge in [-0.2, -0.15) is 0 Å². The smallest absolute Gasteiger partial charge is 0.317 e. The van der Waals surface area contributed by atoms with E-state index in [1.165, 1.54) is 31.2 Å². The third kappa shape index (κ3) is 5.06. The van der Waals surface area contributed by atoms with Crippen LogP contribution in [0.5, 0.6) is 0 Å². The second-order valence-electron chi connectivity index (χ2n) is 7.38. The first-order valence-corrected chi connectivity index (χ1v) is 9.84. The molecule has 0 atom stereocenters. The Morgan fingerprint density at radius 1 is 1.06 bits per heavy atom. The molecule has 2 amide bonds. The van der Waals surface area contributed by atoms with Gasteiger partial charge in [0.05, 0.1) is 10.3 Å². The van der Waals surface area contributed by atoms with Crippen LogP contribution in [0.25, 0.3) is 0 Å². The summed E-state index contributed by atoms with van der Waals surface area (Å²) >= 11 is 0. The standard InChI is InChI=1S/C22H23N3O6/c1-16(26)24-13-11-22(12-14-24,17-5-3-2-4-6-17)21(28)31-15-20(27)23-18-7-9-19(10-8-18)25(29)30/h2-10H,11-15H2,1H3,(H,23,27). The first kappa shape index (κ1) is 21.9. The van der Waals surface area contributed by atoms with Gasteiger partial charge in [-0.05, 0) is 30.5 Å². The maximum atomic E-state index is 13.1. The van der Waals surface area contributed by atoms with Gasteiger partial charge in [0.2, 0.25) is 5.91 Å². The predicted octanol–water partition coefficient (Wildman–Crippen LogP) is 2.66. The lowest BCUT2D eigenvalue weighted by molar-refractivity contribution is -0.384. The van der Waals surface area contributed by atoms with E-state index < -0.39 is 28.8 Å². The number of nitro benzene ring substituents is 1. The normalized spacial score (nSPS) is 15.1. The Balaban J connectivity index is 1.66. The summed E-state index contributed by atoms with van der Waals surface area (Å²) in [6.45, 7) is 1.86. The van der Waals surface area contributed by atoms with Crippen molar-refractivity contribution in [1.82, 2.24) is 4.90 Å². The van der Waals surface area contributed by atoms with E-state index in [0.717, 1.165) is 5.56 Å². The second-order valence-corrected chi connectivity index (χ2v) is 7.38. The van der Waals surface area contributed by atoms with Gasteiger partial charge in [0.25, 0.3) is 11.6 Å². The third-order valence-corrected chi connectivity index (χ3v) is 5.48. The summed E-state index contributed by atoms with van der Waals surface area (Å²) in [6, 6.07) is 14.6. The number of nitro groups is 1. The number of ether oxygens (including phenoxy) is 1. The quantitative estimate of drug-likeness (QED) is 0.432. The second kappa shape index (κ2) is 9.38. The summed E-state index contributed by atoms with van der Waals surface area (Å²) in [6.07, 6.45) is 0.804. The van der Waals surface area contributed by atoms with Gasteiger partial charge in [-0.25, -0.2) is 0 Å². The van der Waals surface area contributed by atoms with Crippen molar-refractivity contribution in [3.63, 3.8) is 0 Å². The molecule has 1 fully saturated rings. The molecule has 0 unspecified atom stereocenters. The highest BCUT2D eigenvalue weighted by Gasteiger charge is 2.44. The van der Waals surface area contributed by atoms with Gasteiger partial charge in [0.15, 0.2) is 6.61 Å². The average Bonchev–Trinajstić information content (AvgIpc) is 2.78. The van der Waals surface area contributed by atoms with E-state index in [1.54, 1.807) is 4.90 Å². The van der Waals surface area contributed by atoms with Crippen molar-refractivity contribution in [2.45, 2.75) is 25.2 Å². The fraction of sp³-hybridized carbons (Fsp3) is 0.318. The lowest BCUT2D eigenvalue weighted by Crippen LogP contribution is -2.49. The van der Waals surface area contributed by atoms with Gasteiger partial charge in [-0.1, -0.05) is 30.3 Å². The number of carbonyl (C=O) groups excluding carboxylic acids is 3. The zero-order valence-electron chi connectivity index (χ0n) is 17.1. The number of non-ortho nitro benzene ring substituents is 1. The molecule has 0 bridgehead atoms. The molecule has 1 aliphatic heterocycles. The number of nitrogens with one attached hydrogen (secondary N) is 1. The minimum atomic E-state index is -0.930. The van der Waals surface area contributed by atoms with Crippen molar-refractivity contribution >= 4 is 29.2 Å². The highest BCUT2D eigenvalue weighted by Crippen LogP contribution is 2.37. The first-order valence-electron chi connectivity index (χ1n) is 9.84. The molecular weight excluding hydrogens is 402 g/mol. The Hall–Kier alpha value is -3.75. The summed E-state index contributed by atoms with van der Waals surface area (Å²) in [7, 11) is 0. The molecule has 0 radical (unpaired) electrons. The van der Waals surface area contributed by atoms with Crippen LogP contribution in [0, 0.1) is 10.1 Å². The number of nitrogens with zero attached hydrogens (tertiary/aromatic N) is 2. The fourth-order valence-corrected chi connectivity index (χ4v) is 3.70. The Morgan fingerprint density at radius 2 is 1.68 bits per heavy atom. The Labute approximate surface area is 179 Å². The molecule has 0 aromatic heterocycles. The van der Waals surface area contributed by atoms with Gasteiger partial charge < -0.3 is 15.0 Å². The van der Waals surface area contributed by atoms with Crippen LogP contribution in [0.15, 0.2) is 54.6 Å². The molecule has 2 aromatic carbocycles. The number of benzene rings is 2. The zero-order chi connectivity index (χ0) is 22.4. The molecule has 0 spiro atoms. The topological polar surface area (TPSA) is 119 Å². The van der Waals surface area contributed by atoms with E-state index in [-0.39, 0.29) is 11.6 Å². The van der Waals surface area contributed by atoms with Crippen LogP contribution in [-0.4, -0.2) is 47.3 Å². The molecule has 1 aliphatic rings. The molecule has 1 saturated heterocycles. The maximum Gasteiger partial charge on any atom is 0.317 e. The largest absolute Gasteiger partial charge is 0.455 e. The van der Waals surface area contributed by atoms with E-state index in [2.05, 4.69) is 5.32 Å². The van der Waals surface area contributed by atoms with E-state index in [9.17, 15) is 24.5 Å². The molecule has 9 heteroatoms. The SMILES string of the molecule is CC(=O)N1CCC(C(=O)OCC(=O)Nc2ccc([N+](=O)[O-])cc2)(c2ccccc2)CC1. The van der Waals surface area contributed by atoms with Gasteiger partial charge in [0.1, 0.15) is 0 Å². The number of esters is 1. The predicted molar refractivity (Wildman–Crippen MR) is 112 cm³/mol. The highest BCUT2D eigenvalue weighted by molar-refractivity contribution is 5.94. The van der Waals surface area contributed by atoms with Crippen LogP contribution in [0.1, 0.15) is 25.3 Å². The molecule has 31 heavy (non-hydrogen) atoms. The highest BCUT2D eigenvalue weighted by atomic mass is 16.6. The van der Waals surface area contributed by atoms with Crippen molar-refractivity contribution in [2.75, 3.05) is 25.0 Å². The number of anilines is 1. The minimum Gasteiger partial charge on any atom is -0.455 e. The third-order valence-electron chi connectivity index (χ3n) is 5.48. The van der Waals surface area contributed by atoms with Gasteiger partial charge >= 0.3 is 5.97 Å². The van der Waals surface area contributed by atoms with E-state index in [4.69, 9.17) is 4.74 Å². The molecule has 2 aromatic rings. The average molecular weight is 425 g/mol.